The number of carbonyl (C=O) groups is 1. The number of nitrogens with zero attached hydrogens (tertiary/aromatic N) is 2. The minimum Gasteiger partial charge on any atom is -0.361 e. The first-order chi connectivity index (χ1) is 8.65. The van der Waals surface area contributed by atoms with Crippen molar-refractivity contribution in [1.29, 1.82) is 0 Å². The normalized spacial score (nSPS) is 25.3. The summed E-state index contributed by atoms with van der Waals surface area (Å²) in [6.45, 7) is 7.67. The van der Waals surface area contributed by atoms with E-state index >= 15 is 0 Å². The molecule has 0 aliphatic carbocycles. The van der Waals surface area contributed by atoms with E-state index in [2.05, 4.69) is 10.5 Å². The van der Waals surface area contributed by atoms with Crippen LogP contribution >= 0.6 is 12.4 Å². The van der Waals surface area contributed by atoms with Crippen LogP contribution in [0.25, 0.3) is 0 Å². The van der Waals surface area contributed by atoms with E-state index in [4.69, 9.17) is 4.52 Å². The van der Waals surface area contributed by atoms with E-state index in [0.29, 0.717) is 18.3 Å². The first kappa shape index (κ1) is 14.3. The standard InChI is InChI=1S/C13H19N3O2.ClH/c1-8-12(9(2)18-15-8)3-13(17)16-6-10-4-14-5-11(10)7-16;/h10-11,14H,3-7H2,1-2H3;1H/t10-,11+;. The molecule has 1 N–H and O–H groups in total. The Morgan fingerprint density at radius 2 is 2.00 bits per heavy atom. The lowest BCUT2D eigenvalue weighted by atomic mass is 10.0. The zero-order chi connectivity index (χ0) is 12.7. The third-order valence-corrected chi connectivity index (χ3v) is 4.25. The summed E-state index contributed by atoms with van der Waals surface area (Å²) >= 11 is 0. The van der Waals surface area contributed by atoms with Crippen LogP contribution in [0.3, 0.4) is 0 Å². The van der Waals surface area contributed by atoms with Gasteiger partial charge in [-0.3, -0.25) is 4.79 Å². The highest BCUT2D eigenvalue weighted by molar-refractivity contribution is 5.85. The third kappa shape index (κ3) is 2.62. The molecule has 6 heteroatoms. The molecule has 2 saturated heterocycles. The lowest BCUT2D eigenvalue weighted by Gasteiger charge is -2.17. The monoisotopic (exact) mass is 285 g/mol. The molecule has 0 unspecified atom stereocenters. The molecule has 0 spiro atoms. The van der Waals surface area contributed by atoms with Gasteiger partial charge in [-0.25, -0.2) is 0 Å². The molecular weight excluding hydrogens is 266 g/mol. The van der Waals surface area contributed by atoms with Crippen molar-refractivity contribution in [1.82, 2.24) is 15.4 Å². The van der Waals surface area contributed by atoms with Crippen molar-refractivity contribution in [3.63, 3.8) is 0 Å². The zero-order valence-electron chi connectivity index (χ0n) is 11.3. The second-order valence-electron chi connectivity index (χ2n) is 5.46. The Balaban J connectivity index is 0.00000133. The van der Waals surface area contributed by atoms with Crippen molar-refractivity contribution < 1.29 is 9.32 Å². The molecule has 0 radical (unpaired) electrons. The van der Waals surface area contributed by atoms with Gasteiger partial charge < -0.3 is 14.7 Å². The van der Waals surface area contributed by atoms with Gasteiger partial charge in [-0.15, -0.1) is 12.4 Å². The fourth-order valence-corrected chi connectivity index (χ4v) is 3.08. The van der Waals surface area contributed by atoms with Gasteiger partial charge in [0.25, 0.3) is 0 Å². The molecule has 19 heavy (non-hydrogen) atoms. The lowest BCUT2D eigenvalue weighted by molar-refractivity contribution is -0.129. The quantitative estimate of drug-likeness (QED) is 0.878. The predicted molar refractivity (Wildman–Crippen MR) is 73.4 cm³/mol. The Morgan fingerprint density at radius 3 is 2.53 bits per heavy atom. The highest BCUT2D eigenvalue weighted by Crippen LogP contribution is 2.27. The molecule has 2 aliphatic heterocycles. The molecule has 0 saturated carbocycles. The fraction of sp³-hybridized carbons (Fsp3) is 0.692. The largest absolute Gasteiger partial charge is 0.361 e. The molecule has 2 aliphatic rings. The van der Waals surface area contributed by atoms with Crippen LogP contribution in [0.5, 0.6) is 0 Å². The maximum atomic E-state index is 12.3. The number of hydrogen-bond donors (Lipinski definition) is 1. The van der Waals surface area contributed by atoms with E-state index in [1.165, 1.54) is 0 Å². The van der Waals surface area contributed by atoms with Gasteiger partial charge in [0.05, 0.1) is 12.1 Å². The number of nitrogens with one attached hydrogen (secondary N) is 1. The lowest BCUT2D eigenvalue weighted by Crippen LogP contribution is -2.33. The summed E-state index contributed by atoms with van der Waals surface area (Å²) in [5.74, 6) is 2.28. The predicted octanol–water partition coefficient (Wildman–Crippen LogP) is 0.934. The second-order valence-corrected chi connectivity index (χ2v) is 5.46. The number of aryl methyl sites for hydroxylation is 2. The van der Waals surface area contributed by atoms with Crippen LogP contribution in [-0.4, -0.2) is 42.1 Å². The van der Waals surface area contributed by atoms with Gasteiger partial charge in [0, 0.05) is 31.7 Å². The van der Waals surface area contributed by atoms with E-state index in [-0.39, 0.29) is 18.3 Å². The Bertz CT molecular complexity index is 443. The Labute approximate surface area is 119 Å². The summed E-state index contributed by atoms with van der Waals surface area (Å²) in [6.07, 6.45) is 0.425. The maximum Gasteiger partial charge on any atom is 0.227 e. The van der Waals surface area contributed by atoms with Crippen LogP contribution in [0, 0.1) is 25.7 Å². The van der Waals surface area contributed by atoms with Crippen molar-refractivity contribution in [2.75, 3.05) is 26.2 Å². The Morgan fingerprint density at radius 1 is 1.37 bits per heavy atom. The number of hydrogen-bond acceptors (Lipinski definition) is 4. The van der Waals surface area contributed by atoms with E-state index < -0.39 is 0 Å². The molecule has 3 heterocycles. The van der Waals surface area contributed by atoms with Gasteiger partial charge in [0.2, 0.25) is 5.91 Å². The molecule has 5 nitrogen and oxygen atoms in total. The summed E-state index contributed by atoms with van der Waals surface area (Å²) in [5.41, 5.74) is 1.79. The van der Waals surface area contributed by atoms with Gasteiger partial charge in [0.1, 0.15) is 5.76 Å². The number of fused-ring (bicyclic) bond motifs is 1. The van der Waals surface area contributed by atoms with Crippen LogP contribution in [0.1, 0.15) is 17.0 Å². The van der Waals surface area contributed by atoms with E-state index in [1.807, 2.05) is 18.7 Å². The van der Waals surface area contributed by atoms with Crippen molar-refractivity contribution in [3.05, 3.63) is 17.0 Å². The first-order valence-electron chi connectivity index (χ1n) is 6.55. The van der Waals surface area contributed by atoms with Gasteiger partial charge in [-0.2, -0.15) is 0 Å². The molecule has 2 fully saturated rings. The molecule has 106 valence electrons. The first-order valence-corrected chi connectivity index (χ1v) is 6.55. The van der Waals surface area contributed by atoms with Crippen LogP contribution in [0.4, 0.5) is 0 Å². The number of rotatable bonds is 2. The second kappa shape index (κ2) is 5.51. The summed E-state index contributed by atoms with van der Waals surface area (Å²) in [7, 11) is 0. The molecule has 1 aromatic heterocycles. The maximum absolute atomic E-state index is 12.3. The van der Waals surface area contributed by atoms with Crippen LogP contribution in [0.2, 0.25) is 0 Å². The Kier molecular flexibility index (Phi) is 4.16. The molecule has 2 atom stereocenters. The number of halogens is 1. The van der Waals surface area contributed by atoms with Crippen molar-refractivity contribution in [2.24, 2.45) is 11.8 Å². The van der Waals surface area contributed by atoms with E-state index in [9.17, 15) is 4.79 Å². The number of amides is 1. The summed E-state index contributed by atoms with van der Waals surface area (Å²) in [6, 6.07) is 0. The minimum absolute atomic E-state index is 0. The molecule has 1 amide bonds. The minimum atomic E-state index is 0. The van der Waals surface area contributed by atoms with Gasteiger partial charge in [-0.05, 0) is 25.7 Å². The zero-order valence-corrected chi connectivity index (χ0v) is 12.1. The topological polar surface area (TPSA) is 58.4 Å². The third-order valence-electron chi connectivity index (χ3n) is 4.25. The molecule has 0 bridgehead atoms. The van der Waals surface area contributed by atoms with Gasteiger partial charge in [-0.1, -0.05) is 5.16 Å². The van der Waals surface area contributed by atoms with Gasteiger partial charge >= 0.3 is 0 Å². The number of likely N-dealkylation sites (tertiary alicyclic amines) is 1. The average molecular weight is 286 g/mol. The summed E-state index contributed by atoms with van der Waals surface area (Å²) in [5, 5.41) is 7.28. The van der Waals surface area contributed by atoms with Crippen LogP contribution in [-0.2, 0) is 11.2 Å². The average Bonchev–Trinajstić information content (AvgIpc) is 2.98. The highest BCUT2D eigenvalue weighted by atomic mass is 35.5. The van der Waals surface area contributed by atoms with Gasteiger partial charge in [0.15, 0.2) is 0 Å². The SMILES string of the molecule is Cc1noc(C)c1CC(=O)N1C[C@H]2CNC[C@H]2C1.Cl. The van der Waals surface area contributed by atoms with E-state index in [0.717, 1.165) is 43.2 Å². The molecule has 1 aromatic rings. The number of aromatic nitrogens is 1. The molecule has 0 aromatic carbocycles. The fourth-order valence-electron chi connectivity index (χ4n) is 3.08. The molecule has 3 rings (SSSR count). The summed E-state index contributed by atoms with van der Waals surface area (Å²) in [4.78, 5) is 14.3. The van der Waals surface area contributed by atoms with Crippen molar-refractivity contribution >= 4 is 18.3 Å². The van der Waals surface area contributed by atoms with Crippen molar-refractivity contribution in [3.8, 4) is 0 Å². The molecular formula is C13H20ClN3O2. The summed E-state index contributed by atoms with van der Waals surface area (Å²) < 4.78 is 5.10. The van der Waals surface area contributed by atoms with E-state index in [1.54, 1.807) is 0 Å². The smallest absolute Gasteiger partial charge is 0.227 e. The van der Waals surface area contributed by atoms with Crippen molar-refractivity contribution in [2.45, 2.75) is 20.3 Å². The number of carbonyl (C=O) groups excluding carboxylic acids is 1. The van der Waals surface area contributed by atoms with Crippen LogP contribution < -0.4 is 5.32 Å². The van der Waals surface area contributed by atoms with Crippen LogP contribution in [0.15, 0.2) is 4.52 Å². The Hall–Kier alpha value is -1.07. The highest BCUT2D eigenvalue weighted by Gasteiger charge is 2.38.